The van der Waals surface area contributed by atoms with Crippen molar-refractivity contribution in [2.45, 2.75) is 70.9 Å². The van der Waals surface area contributed by atoms with Crippen LogP contribution in [0.5, 0.6) is 5.75 Å². The van der Waals surface area contributed by atoms with Crippen LogP contribution in [-0.2, 0) is 19.1 Å². The maximum Gasteiger partial charge on any atom is 0.417 e. The monoisotopic (exact) mass is 700 g/mol. The first kappa shape index (κ1) is 31.9. The van der Waals surface area contributed by atoms with Crippen LogP contribution in [0.15, 0.2) is 45.9 Å². The number of carbonyl (C=O) groups excluding carboxylic acids is 1. The number of amides is 1. The maximum atomic E-state index is 14.2. The molecule has 4 heterocycles. The van der Waals surface area contributed by atoms with Crippen molar-refractivity contribution in [1.82, 2.24) is 39.1 Å². The van der Waals surface area contributed by atoms with Gasteiger partial charge in [-0.25, -0.2) is 24.2 Å². The lowest BCUT2D eigenvalue weighted by atomic mass is 9.88. The second kappa shape index (κ2) is 11.9. The van der Waals surface area contributed by atoms with Crippen molar-refractivity contribution in [2.75, 3.05) is 14.1 Å². The van der Waals surface area contributed by atoms with Crippen molar-refractivity contribution in [3.8, 4) is 17.6 Å². The number of rotatable bonds is 6. The first-order valence-electron chi connectivity index (χ1n) is 14.7. The normalized spacial score (nSPS) is 19.6. The van der Waals surface area contributed by atoms with E-state index in [9.17, 15) is 22.8 Å². The Bertz CT molecular complexity index is 1870. The number of carbonyl (C=O) groups is 1. The minimum atomic E-state index is -4.64. The van der Waals surface area contributed by atoms with Crippen LogP contribution < -0.4 is 10.3 Å². The van der Waals surface area contributed by atoms with Crippen molar-refractivity contribution in [1.29, 1.82) is 0 Å². The Morgan fingerprint density at radius 3 is 2.41 bits per heavy atom. The van der Waals surface area contributed by atoms with E-state index < -0.39 is 29.2 Å². The number of fused-ring (bicyclic) bond motifs is 1. The van der Waals surface area contributed by atoms with Gasteiger partial charge in [0.1, 0.15) is 6.10 Å². The molecular weight excluding hydrogens is 669 g/mol. The molecule has 2 aliphatic rings. The van der Waals surface area contributed by atoms with Gasteiger partial charge in [0.2, 0.25) is 11.9 Å². The number of benzene rings is 1. The third kappa shape index (κ3) is 5.93. The highest BCUT2D eigenvalue weighted by Gasteiger charge is 2.37. The zero-order chi connectivity index (χ0) is 33.1. The highest BCUT2D eigenvalue weighted by molar-refractivity contribution is 9.10. The molecule has 1 unspecified atom stereocenters. The van der Waals surface area contributed by atoms with Crippen LogP contribution in [0.2, 0.25) is 0 Å². The van der Waals surface area contributed by atoms with Gasteiger partial charge >= 0.3 is 6.18 Å². The molecule has 3 aromatic heterocycles. The van der Waals surface area contributed by atoms with Gasteiger partial charge < -0.3 is 14.5 Å². The Hall–Kier alpha value is -4.11. The Balaban J connectivity index is 1.36. The lowest BCUT2D eigenvalue weighted by Gasteiger charge is -2.39. The smallest absolute Gasteiger partial charge is 0.417 e. The summed E-state index contributed by atoms with van der Waals surface area (Å²) in [5.74, 6) is 0.0931. The first-order valence-corrected chi connectivity index (χ1v) is 15.5. The summed E-state index contributed by atoms with van der Waals surface area (Å²) >= 11 is 2.92. The molecule has 46 heavy (non-hydrogen) atoms. The third-order valence-electron chi connectivity index (χ3n) is 8.49. The van der Waals surface area contributed by atoms with Crippen molar-refractivity contribution in [2.24, 2.45) is 0 Å². The van der Waals surface area contributed by atoms with Gasteiger partial charge in [0, 0.05) is 33.4 Å². The topological polar surface area (TPSA) is 111 Å². The first-order chi connectivity index (χ1) is 21.7. The van der Waals surface area contributed by atoms with Gasteiger partial charge in [0.25, 0.3) is 11.5 Å². The van der Waals surface area contributed by atoms with Crippen LogP contribution >= 0.6 is 15.9 Å². The molecule has 1 aliphatic carbocycles. The average molecular weight is 702 g/mol. The summed E-state index contributed by atoms with van der Waals surface area (Å²) in [6, 6.07) is 5.17. The fourth-order valence-corrected chi connectivity index (χ4v) is 6.32. The molecule has 0 N–H and O–H groups in total. The molecule has 1 fully saturated rings. The number of aromatic nitrogens is 6. The Morgan fingerprint density at radius 2 is 1.80 bits per heavy atom. The third-order valence-corrected chi connectivity index (χ3v) is 9.18. The lowest BCUT2D eigenvalue weighted by molar-refractivity contribution is -0.138. The van der Waals surface area contributed by atoms with E-state index in [4.69, 9.17) is 9.72 Å². The van der Waals surface area contributed by atoms with Crippen LogP contribution in [0.4, 0.5) is 13.2 Å². The van der Waals surface area contributed by atoms with Crippen molar-refractivity contribution < 1.29 is 22.7 Å². The molecule has 6 rings (SSSR count). The molecule has 1 aromatic carbocycles. The van der Waals surface area contributed by atoms with Crippen LogP contribution in [0.1, 0.15) is 58.3 Å². The summed E-state index contributed by atoms with van der Waals surface area (Å²) in [4.78, 5) is 45.0. The van der Waals surface area contributed by atoms with Gasteiger partial charge in [-0.2, -0.15) is 18.3 Å². The average Bonchev–Trinajstić information content (AvgIpc) is 3.31. The van der Waals surface area contributed by atoms with Gasteiger partial charge in [-0.1, -0.05) is 15.9 Å². The standard InChI is InChI=1S/C31H32BrF3N8O3/c1-16-8-18(3)43(39-16)30-38-26-15-41(27(44)19-6-7-25(32)24(10-19)31(33,34)35)17(2)9-23(26)28(45)42(30)29-36-13-22(14-37-29)46-21-11-20(12-21)40(4)5/h6-8,10,13-14,17,20-21H,9,11-12,15H2,1-5H3/t17?,20-,21-. The van der Waals surface area contributed by atoms with Crippen molar-refractivity contribution in [3.63, 3.8) is 0 Å². The van der Waals surface area contributed by atoms with Gasteiger partial charge in [0.05, 0.1) is 35.9 Å². The van der Waals surface area contributed by atoms with Gasteiger partial charge in [-0.15, -0.1) is 0 Å². The van der Waals surface area contributed by atoms with E-state index >= 15 is 0 Å². The molecule has 1 aliphatic heterocycles. The molecule has 11 nitrogen and oxygen atoms in total. The van der Waals surface area contributed by atoms with Crippen LogP contribution in [-0.4, -0.2) is 77.3 Å². The zero-order valence-electron chi connectivity index (χ0n) is 25.8. The van der Waals surface area contributed by atoms with Crippen molar-refractivity contribution >= 4 is 21.8 Å². The molecule has 1 atom stereocenters. The number of aryl methyl sites for hydroxylation is 2. The summed E-state index contributed by atoms with van der Waals surface area (Å²) in [5, 5.41) is 4.53. The second-order valence-electron chi connectivity index (χ2n) is 12.0. The largest absolute Gasteiger partial charge is 0.487 e. The minimum Gasteiger partial charge on any atom is -0.487 e. The summed E-state index contributed by atoms with van der Waals surface area (Å²) in [6.07, 6.45) is 0.391. The Kier molecular flexibility index (Phi) is 8.25. The summed E-state index contributed by atoms with van der Waals surface area (Å²) in [6.45, 7) is 5.28. The van der Waals surface area contributed by atoms with Crippen LogP contribution in [0, 0.1) is 13.8 Å². The number of nitrogens with zero attached hydrogens (tertiary/aromatic N) is 8. The van der Waals surface area contributed by atoms with Gasteiger partial charge in [-0.3, -0.25) is 9.59 Å². The quantitative estimate of drug-likeness (QED) is 0.286. The number of hydrogen-bond donors (Lipinski definition) is 0. The van der Waals surface area contributed by atoms with Crippen LogP contribution in [0.25, 0.3) is 11.9 Å². The molecule has 0 bridgehead atoms. The maximum absolute atomic E-state index is 14.2. The van der Waals surface area contributed by atoms with E-state index in [0.717, 1.165) is 18.9 Å². The molecule has 1 amide bonds. The SMILES string of the molecule is Cc1cc(C)n(-c2nc3c(c(=O)n2-c2ncc(O[C@H]4C[C@H](N(C)C)C4)cn2)CC(C)N(C(=O)c2ccc(Br)c(C(F)(F)F)c2)C3)n1. The molecule has 0 saturated heterocycles. The van der Waals surface area contributed by atoms with Gasteiger partial charge in [0.15, 0.2) is 5.75 Å². The van der Waals surface area contributed by atoms with E-state index in [2.05, 4.69) is 35.9 Å². The molecule has 15 heteroatoms. The summed E-state index contributed by atoms with van der Waals surface area (Å²) in [7, 11) is 4.07. The zero-order valence-corrected chi connectivity index (χ0v) is 27.4. The predicted octanol–water partition coefficient (Wildman–Crippen LogP) is 4.66. The highest BCUT2D eigenvalue weighted by atomic mass is 79.9. The summed E-state index contributed by atoms with van der Waals surface area (Å²) < 4.78 is 49.4. The second-order valence-corrected chi connectivity index (χ2v) is 12.9. The minimum absolute atomic E-state index is 0.0600. The van der Waals surface area contributed by atoms with E-state index in [0.29, 0.717) is 34.4 Å². The van der Waals surface area contributed by atoms with Crippen molar-refractivity contribution in [3.05, 3.63) is 85.3 Å². The van der Waals surface area contributed by atoms with E-state index in [-0.39, 0.29) is 41.0 Å². The lowest BCUT2D eigenvalue weighted by Crippen LogP contribution is -2.46. The number of ether oxygens (including phenoxy) is 1. The number of halogens is 4. The fourth-order valence-electron chi connectivity index (χ4n) is 5.85. The highest BCUT2D eigenvalue weighted by Crippen LogP contribution is 2.36. The van der Waals surface area contributed by atoms with E-state index in [1.807, 2.05) is 34.0 Å². The molecule has 0 spiro atoms. The fraction of sp³-hybridized carbons (Fsp3) is 0.419. The Labute approximate surface area is 271 Å². The molecule has 4 aromatic rings. The molecular formula is C31H32BrF3N8O3. The number of alkyl halides is 3. The molecule has 0 radical (unpaired) electrons. The summed E-state index contributed by atoms with van der Waals surface area (Å²) in [5.41, 5.74) is 0.593. The molecule has 1 saturated carbocycles. The Morgan fingerprint density at radius 1 is 1.11 bits per heavy atom. The van der Waals surface area contributed by atoms with Gasteiger partial charge in [-0.05, 0) is 78.4 Å². The predicted molar refractivity (Wildman–Crippen MR) is 165 cm³/mol. The van der Waals surface area contributed by atoms with E-state index in [1.165, 1.54) is 38.7 Å². The van der Waals surface area contributed by atoms with E-state index in [1.54, 1.807) is 6.92 Å². The molecule has 242 valence electrons. The number of hydrogen-bond acceptors (Lipinski definition) is 8. The van der Waals surface area contributed by atoms with Crippen LogP contribution in [0.3, 0.4) is 0 Å².